The fraction of sp³-hybridized carbons (Fsp3) is 0.800. The molecule has 2 atom stereocenters. The van der Waals surface area contributed by atoms with Crippen LogP contribution in [0.25, 0.3) is 0 Å². The zero-order chi connectivity index (χ0) is 13.8. The van der Waals surface area contributed by atoms with Crippen LogP contribution in [0, 0.1) is 10.8 Å². The predicted molar refractivity (Wildman–Crippen MR) is 74.5 cm³/mol. The van der Waals surface area contributed by atoms with Crippen LogP contribution in [0.2, 0.25) is 0 Å². The molecule has 0 saturated heterocycles. The molecule has 104 valence electrons. The van der Waals surface area contributed by atoms with Crippen LogP contribution in [0.1, 0.15) is 53.4 Å². The number of hydrogen-bond donors (Lipinski definition) is 1. The van der Waals surface area contributed by atoms with Gasteiger partial charge in [0.2, 0.25) is 0 Å². The Morgan fingerprint density at radius 2 is 2.11 bits per heavy atom. The van der Waals surface area contributed by atoms with Gasteiger partial charge in [-0.1, -0.05) is 46.8 Å². The number of amides is 1. The molecule has 0 radical (unpaired) electrons. The lowest BCUT2D eigenvalue weighted by Crippen LogP contribution is -2.46. The molecule has 1 aliphatic rings. The maximum Gasteiger partial charge on any atom is 0.407 e. The van der Waals surface area contributed by atoms with Crippen molar-refractivity contribution >= 4 is 6.09 Å². The lowest BCUT2D eigenvalue weighted by Gasteiger charge is -2.46. The molecule has 1 rings (SSSR count). The van der Waals surface area contributed by atoms with E-state index in [9.17, 15) is 4.79 Å². The van der Waals surface area contributed by atoms with E-state index in [4.69, 9.17) is 4.74 Å². The molecule has 1 amide bonds. The standard InChI is InChI=1S/C15H27NO2/c1-6-8-18-13(17)16-12-9-14(3,4)11-15(5,7-2)10-12/h6,12H,1,7-11H2,2-5H3,(H,16,17). The van der Waals surface area contributed by atoms with Gasteiger partial charge in [-0.3, -0.25) is 0 Å². The Hall–Kier alpha value is -0.990. The highest BCUT2D eigenvalue weighted by Crippen LogP contribution is 2.47. The highest BCUT2D eigenvalue weighted by Gasteiger charge is 2.40. The van der Waals surface area contributed by atoms with Gasteiger partial charge >= 0.3 is 6.09 Å². The van der Waals surface area contributed by atoms with Crippen molar-refractivity contribution in [1.82, 2.24) is 5.32 Å². The van der Waals surface area contributed by atoms with Crippen molar-refractivity contribution in [3.8, 4) is 0 Å². The molecule has 18 heavy (non-hydrogen) atoms. The zero-order valence-corrected chi connectivity index (χ0v) is 12.2. The summed E-state index contributed by atoms with van der Waals surface area (Å²) in [6.45, 7) is 12.9. The minimum atomic E-state index is -0.323. The second-order valence-electron chi connectivity index (χ2n) is 6.64. The third-order valence-electron chi connectivity index (χ3n) is 3.95. The van der Waals surface area contributed by atoms with Crippen LogP contribution < -0.4 is 5.32 Å². The minimum absolute atomic E-state index is 0.219. The van der Waals surface area contributed by atoms with Crippen LogP contribution in [0.3, 0.4) is 0 Å². The normalized spacial score (nSPS) is 30.6. The molecule has 0 aliphatic heterocycles. The monoisotopic (exact) mass is 253 g/mol. The Morgan fingerprint density at radius 1 is 1.44 bits per heavy atom. The topological polar surface area (TPSA) is 38.3 Å². The number of nitrogens with one attached hydrogen (secondary N) is 1. The van der Waals surface area contributed by atoms with Gasteiger partial charge in [-0.2, -0.15) is 0 Å². The van der Waals surface area contributed by atoms with E-state index in [-0.39, 0.29) is 24.2 Å². The Labute approximate surface area is 111 Å². The highest BCUT2D eigenvalue weighted by molar-refractivity contribution is 5.67. The van der Waals surface area contributed by atoms with Crippen molar-refractivity contribution in [3.05, 3.63) is 12.7 Å². The average molecular weight is 253 g/mol. The van der Waals surface area contributed by atoms with Crippen molar-refractivity contribution in [1.29, 1.82) is 0 Å². The molecule has 3 nitrogen and oxygen atoms in total. The van der Waals surface area contributed by atoms with Crippen molar-refractivity contribution in [2.45, 2.75) is 59.4 Å². The SMILES string of the molecule is C=CCOC(=O)NC1CC(C)(C)CC(C)(CC)C1. The first-order chi connectivity index (χ1) is 8.30. The smallest absolute Gasteiger partial charge is 0.407 e. The molecule has 3 heteroatoms. The molecular formula is C15H27NO2. The average Bonchev–Trinajstić information content (AvgIpc) is 2.23. The molecule has 1 saturated carbocycles. The van der Waals surface area contributed by atoms with Gasteiger partial charge in [-0.05, 0) is 30.1 Å². The summed E-state index contributed by atoms with van der Waals surface area (Å²) in [5, 5.41) is 2.99. The van der Waals surface area contributed by atoms with E-state index in [1.165, 1.54) is 6.42 Å². The minimum Gasteiger partial charge on any atom is -0.445 e. The zero-order valence-electron chi connectivity index (χ0n) is 12.2. The summed E-state index contributed by atoms with van der Waals surface area (Å²) >= 11 is 0. The molecule has 0 aromatic rings. The third kappa shape index (κ3) is 4.35. The first kappa shape index (κ1) is 15.1. The molecule has 1 fully saturated rings. The van der Waals surface area contributed by atoms with Crippen molar-refractivity contribution in [2.75, 3.05) is 6.61 Å². The van der Waals surface area contributed by atoms with Gasteiger partial charge < -0.3 is 10.1 Å². The van der Waals surface area contributed by atoms with Crippen LogP contribution >= 0.6 is 0 Å². The van der Waals surface area contributed by atoms with E-state index in [0.29, 0.717) is 5.41 Å². The molecular weight excluding hydrogens is 226 g/mol. The quantitative estimate of drug-likeness (QED) is 0.772. The Bertz CT molecular complexity index is 312. The van der Waals surface area contributed by atoms with Gasteiger partial charge in [0, 0.05) is 6.04 Å². The fourth-order valence-electron chi connectivity index (χ4n) is 3.35. The van der Waals surface area contributed by atoms with Gasteiger partial charge in [0.15, 0.2) is 0 Å². The van der Waals surface area contributed by atoms with Crippen LogP contribution in [0.5, 0.6) is 0 Å². The van der Waals surface area contributed by atoms with Crippen molar-refractivity contribution in [2.24, 2.45) is 10.8 Å². The molecule has 1 aliphatic carbocycles. The maximum atomic E-state index is 11.6. The van der Waals surface area contributed by atoms with E-state index >= 15 is 0 Å². The summed E-state index contributed by atoms with van der Waals surface area (Å²) in [4.78, 5) is 11.6. The lowest BCUT2D eigenvalue weighted by molar-refractivity contribution is 0.0642. The Balaban J connectivity index is 2.60. The second-order valence-corrected chi connectivity index (χ2v) is 6.64. The fourth-order valence-corrected chi connectivity index (χ4v) is 3.35. The molecule has 0 aromatic carbocycles. The first-order valence-electron chi connectivity index (χ1n) is 6.84. The number of carbonyl (C=O) groups is 1. The summed E-state index contributed by atoms with van der Waals surface area (Å²) in [5.74, 6) is 0. The van der Waals surface area contributed by atoms with Crippen LogP contribution in [-0.4, -0.2) is 18.7 Å². The van der Waals surface area contributed by atoms with Crippen LogP contribution in [-0.2, 0) is 4.74 Å². The van der Waals surface area contributed by atoms with Gasteiger partial charge in [-0.25, -0.2) is 4.79 Å². The summed E-state index contributed by atoms with van der Waals surface area (Å²) in [7, 11) is 0. The molecule has 0 spiro atoms. The highest BCUT2D eigenvalue weighted by atomic mass is 16.5. The van der Waals surface area contributed by atoms with Crippen molar-refractivity contribution in [3.63, 3.8) is 0 Å². The molecule has 0 heterocycles. The second kappa shape index (κ2) is 5.77. The van der Waals surface area contributed by atoms with E-state index in [2.05, 4.69) is 39.6 Å². The summed E-state index contributed by atoms with van der Waals surface area (Å²) in [6, 6.07) is 0.219. The first-order valence-corrected chi connectivity index (χ1v) is 6.84. The van der Waals surface area contributed by atoms with E-state index in [1.54, 1.807) is 6.08 Å². The Morgan fingerprint density at radius 3 is 2.67 bits per heavy atom. The number of hydrogen-bond acceptors (Lipinski definition) is 2. The Kier molecular flexibility index (Phi) is 4.83. The van der Waals surface area contributed by atoms with Crippen LogP contribution in [0.15, 0.2) is 12.7 Å². The van der Waals surface area contributed by atoms with Crippen LogP contribution in [0.4, 0.5) is 4.79 Å². The van der Waals surface area contributed by atoms with Gasteiger partial charge in [0.25, 0.3) is 0 Å². The van der Waals surface area contributed by atoms with Gasteiger partial charge in [0.05, 0.1) is 0 Å². The van der Waals surface area contributed by atoms with E-state index in [0.717, 1.165) is 19.3 Å². The summed E-state index contributed by atoms with van der Waals surface area (Å²) < 4.78 is 5.00. The molecule has 2 unspecified atom stereocenters. The van der Waals surface area contributed by atoms with Gasteiger partial charge in [0.1, 0.15) is 6.61 Å². The molecule has 0 aromatic heterocycles. The van der Waals surface area contributed by atoms with E-state index < -0.39 is 0 Å². The lowest BCUT2D eigenvalue weighted by atomic mass is 9.62. The van der Waals surface area contributed by atoms with Crippen molar-refractivity contribution < 1.29 is 9.53 Å². The maximum absolute atomic E-state index is 11.6. The predicted octanol–water partition coefficient (Wildman–Crippen LogP) is 3.89. The third-order valence-corrected chi connectivity index (χ3v) is 3.95. The number of ether oxygens (including phenoxy) is 1. The number of carbonyl (C=O) groups excluding carboxylic acids is 1. The number of alkyl carbamates (subject to hydrolysis) is 1. The summed E-state index contributed by atoms with van der Waals surface area (Å²) in [5.41, 5.74) is 0.595. The molecule has 0 bridgehead atoms. The summed E-state index contributed by atoms with van der Waals surface area (Å²) in [6.07, 6.45) is 5.69. The number of rotatable bonds is 4. The molecule has 1 N–H and O–H groups in total. The largest absolute Gasteiger partial charge is 0.445 e. The van der Waals surface area contributed by atoms with Gasteiger partial charge in [-0.15, -0.1) is 0 Å². The van der Waals surface area contributed by atoms with E-state index in [1.807, 2.05) is 0 Å².